The summed E-state index contributed by atoms with van der Waals surface area (Å²) < 4.78 is 5.45. The molecule has 1 saturated carbocycles. The molecule has 0 aliphatic heterocycles. The lowest BCUT2D eigenvalue weighted by Crippen LogP contribution is -2.25. The normalized spacial score (nSPS) is 27.9. The second-order valence-corrected chi connectivity index (χ2v) is 5.69. The van der Waals surface area contributed by atoms with Gasteiger partial charge in [-0.15, -0.1) is 0 Å². The maximum absolute atomic E-state index is 12.0. The first kappa shape index (κ1) is 12.1. The van der Waals surface area contributed by atoms with Crippen molar-refractivity contribution in [1.29, 1.82) is 0 Å². The number of esters is 1. The molecule has 17 heavy (non-hydrogen) atoms. The van der Waals surface area contributed by atoms with E-state index in [-0.39, 0.29) is 17.8 Å². The molecule has 1 heterocycles. The average molecular weight is 236 g/mol. The zero-order valence-electron chi connectivity index (χ0n) is 10.9. The second-order valence-electron chi connectivity index (χ2n) is 5.69. The SMILES string of the molecule is CCC1[C@H](C(=O)OC(C)(C)C)[C@H]1c1cn[nH]c1. The van der Waals surface area contributed by atoms with Gasteiger partial charge in [0.05, 0.1) is 12.1 Å². The van der Waals surface area contributed by atoms with E-state index in [9.17, 15) is 4.79 Å². The van der Waals surface area contributed by atoms with Crippen molar-refractivity contribution in [3.05, 3.63) is 18.0 Å². The lowest BCUT2D eigenvalue weighted by molar-refractivity contribution is -0.157. The molecule has 0 spiro atoms. The molecule has 1 aromatic heterocycles. The number of hydrogen-bond acceptors (Lipinski definition) is 3. The number of aromatic nitrogens is 2. The third-order valence-electron chi connectivity index (χ3n) is 3.22. The van der Waals surface area contributed by atoms with Crippen LogP contribution in [0.2, 0.25) is 0 Å². The lowest BCUT2D eigenvalue weighted by atomic mass is 10.1. The van der Waals surface area contributed by atoms with Gasteiger partial charge >= 0.3 is 5.97 Å². The summed E-state index contributed by atoms with van der Waals surface area (Å²) in [5, 5.41) is 6.74. The molecule has 94 valence electrons. The Balaban J connectivity index is 2.05. The predicted octanol–water partition coefficient (Wildman–Crippen LogP) is 2.49. The monoisotopic (exact) mass is 236 g/mol. The molecule has 2 rings (SSSR count). The summed E-state index contributed by atoms with van der Waals surface area (Å²) in [6.45, 7) is 7.82. The molecule has 1 aliphatic rings. The number of carbonyl (C=O) groups is 1. The van der Waals surface area contributed by atoms with E-state index in [1.807, 2.05) is 27.0 Å². The Labute approximate surface area is 102 Å². The van der Waals surface area contributed by atoms with Gasteiger partial charge in [-0.3, -0.25) is 9.89 Å². The Hall–Kier alpha value is -1.32. The van der Waals surface area contributed by atoms with Crippen LogP contribution in [0.15, 0.2) is 12.4 Å². The van der Waals surface area contributed by atoms with E-state index in [1.54, 1.807) is 6.20 Å². The van der Waals surface area contributed by atoms with Gasteiger partial charge in [0, 0.05) is 12.1 Å². The number of aromatic amines is 1. The molecule has 1 aromatic rings. The fourth-order valence-electron chi connectivity index (χ4n) is 2.47. The Morgan fingerprint density at radius 1 is 1.53 bits per heavy atom. The van der Waals surface area contributed by atoms with Crippen LogP contribution < -0.4 is 0 Å². The minimum Gasteiger partial charge on any atom is -0.460 e. The summed E-state index contributed by atoms with van der Waals surface area (Å²) in [5.41, 5.74) is 0.714. The van der Waals surface area contributed by atoms with E-state index in [4.69, 9.17) is 4.74 Å². The standard InChI is InChI=1S/C13H20N2O2/c1-5-9-10(8-6-14-15-7-8)11(9)12(16)17-13(2,3)4/h6-7,9-11H,5H2,1-4H3,(H,14,15)/t9?,10-,11-/m0/s1. The van der Waals surface area contributed by atoms with Crippen molar-refractivity contribution in [2.75, 3.05) is 0 Å². The van der Waals surface area contributed by atoms with E-state index in [0.29, 0.717) is 5.92 Å². The van der Waals surface area contributed by atoms with Crippen molar-refractivity contribution in [2.24, 2.45) is 11.8 Å². The molecule has 0 bridgehead atoms. The molecule has 0 aromatic carbocycles. The Morgan fingerprint density at radius 2 is 2.24 bits per heavy atom. The van der Waals surface area contributed by atoms with E-state index in [2.05, 4.69) is 17.1 Å². The molecule has 3 atom stereocenters. The summed E-state index contributed by atoms with van der Waals surface area (Å²) in [6.07, 6.45) is 4.68. The Bertz CT molecular complexity index is 392. The Kier molecular flexibility index (Phi) is 2.98. The molecule has 0 radical (unpaired) electrons. The van der Waals surface area contributed by atoms with Gasteiger partial charge in [0.2, 0.25) is 0 Å². The van der Waals surface area contributed by atoms with Crippen molar-refractivity contribution in [1.82, 2.24) is 10.2 Å². The van der Waals surface area contributed by atoms with Crippen molar-refractivity contribution in [3.8, 4) is 0 Å². The highest BCUT2D eigenvalue weighted by molar-refractivity contribution is 5.78. The van der Waals surface area contributed by atoms with Gasteiger partial charge in [-0.25, -0.2) is 0 Å². The highest BCUT2D eigenvalue weighted by Gasteiger charge is 2.56. The summed E-state index contributed by atoms with van der Waals surface area (Å²) in [5.74, 6) is 0.628. The first-order valence-electron chi connectivity index (χ1n) is 6.15. The lowest BCUT2D eigenvalue weighted by Gasteiger charge is -2.19. The van der Waals surface area contributed by atoms with Crippen LogP contribution in [0.4, 0.5) is 0 Å². The van der Waals surface area contributed by atoms with E-state index >= 15 is 0 Å². The molecular weight excluding hydrogens is 216 g/mol. The van der Waals surface area contributed by atoms with Crippen LogP contribution in [-0.2, 0) is 9.53 Å². The highest BCUT2D eigenvalue weighted by atomic mass is 16.6. The van der Waals surface area contributed by atoms with Gasteiger partial charge in [0.1, 0.15) is 5.60 Å². The van der Waals surface area contributed by atoms with Crippen LogP contribution in [0.5, 0.6) is 0 Å². The van der Waals surface area contributed by atoms with Crippen molar-refractivity contribution < 1.29 is 9.53 Å². The van der Waals surface area contributed by atoms with E-state index < -0.39 is 5.60 Å². The third kappa shape index (κ3) is 2.51. The zero-order valence-corrected chi connectivity index (χ0v) is 10.9. The van der Waals surface area contributed by atoms with E-state index in [0.717, 1.165) is 12.0 Å². The molecule has 1 unspecified atom stereocenters. The van der Waals surface area contributed by atoms with Gasteiger partial charge in [-0.1, -0.05) is 13.3 Å². The molecule has 0 amide bonds. The maximum atomic E-state index is 12.0. The summed E-state index contributed by atoms with van der Waals surface area (Å²) in [6, 6.07) is 0. The number of H-pyrrole nitrogens is 1. The number of ether oxygens (including phenoxy) is 1. The van der Waals surface area contributed by atoms with Gasteiger partial charge in [0.25, 0.3) is 0 Å². The Morgan fingerprint density at radius 3 is 2.71 bits per heavy atom. The van der Waals surface area contributed by atoms with Crippen molar-refractivity contribution in [3.63, 3.8) is 0 Å². The highest BCUT2D eigenvalue weighted by Crippen LogP contribution is 2.56. The number of rotatable bonds is 3. The molecule has 1 aliphatic carbocycles. The van der Waals surface area contributed by atoms with Gasteiger partial charge in [-0.05, 0) is 32.3 Å². The maximum Gasteiger partial charge on any atom is 0.310 e. The quantitative estimate of drug-likeness (QED) is 0.820. The molecular formula is C13H20N2O2. The fraction of sp³-hybridized carbons (Fsp3) is 0.692. The first-order chi connectivity index (χ1) is 7.94. The zero-order chi connectivity index (χ0) is 12.6. The number of hydrogen-bond donors (Lipinski definition) is 1. The third-order valence-corrected chi connectivity index (χ3v) is 3.22. The smallest absolute Gasteiger partial charge is 0.310 e. The predicted molar refractivity (Wildman–Crippen MR) is 64.4 cm³/mol. The van der Waals surface area contributed by atoms with Gasteiger partial charge < -0.3 is 4.74 Å². The summed E-state index contributed by atoms with van der Waals surface area (Å²) in [7, 11) is 0. The van der Waals surface area contributed by atoms with Crippen molar-refractivity contribution >= 4 is 5.97 Å². The fourth-order valence-corrected chi connectivity index (χ4v) is 2.47. The van der Waals surface area contributed by atoms with Crippen LogP contribution >= 0.6 is 0 Å². The topological polar surface area (TPSA) is 55.0 Å². The van der Waals surface area contributed by atoms with Crippen LogP contribution in [0.1, 0.15) is 45.6 Å². The largest absolute Gasteiger partial charge is 0.460 e. The van der Waals surface area contributed by atoms with Crippen molar-refractivity contribution in [2.45, 2.75) is 45.6 Å². The minimum atomic E-state index is -0.404. The van der Waals surface area contributed by atoms with Crippen LogP contribution in [0.25, 0.3) is 0 Å². The van der Waals surface area contributed by atoms with Gasteiger partial charge in [0.15, 0.2) is 0 Å². The number of carbonyl (C=O) groups excluding carboxylic acids is 1. The summed E-state index contributed by atoms with van der Waals surface area (Å²) in [4.78, 5) is 12.0. The number of nitrogens with one attached hydrogen (secondary N) is 1. The second kappa shape index (κ2) is 4.17. The van der Waals surface area contributed by atoms with Crippen LogP contribution in [-0.4, -0.2) is 21.8 Å². The molecule has 1 fully saturated rings. The summed E-state index contributed by atoms with van der Waals surface area (Å²) >= 11 is 0. The minimum absolute atomic E-state index is 0.0109. The van der Waals surface area contributed by atoms with E-state index in [1.165, 1.54) is 0 Å². The molecule has 4 nitrogen and oxygen atoms in total. The molecule has 1 N–H and O–H groups in total. The first-order valence-corrected chi connectivity index (χ1v) is 6.15. The van der Waals surface area contributed by atoms with Crippen LogP contribution in [0, 0.1) is 11.8 Å². The number of nitrogens with zero attached hydrogens (tertiary/aromatic N) is 1. The molecule has 0 saturated heterocycles. The van der Waals surface area contributed by atoms with Gasteiger partial charge in [-0.2, -0.15) is 5.10 Å². The molecule has 4 heteroatoms. The van der Waals surface area contributed by atoms with Crippen LogP contribution in [0.3, 0.4) is 0 Å². The average Bonchev–Trinajstić information content (AvgIpc) is 2.70.